The van der Waals surface area contributed by atoms with Crippen molar-refractivity contribution in [1.82, 2.24) is 0 Å². The van der Waals surface area contributed by atoms with Crippen LogP contribution in [-0.2, 0) is 37.9 Å². The first-order valence-electron chi connectivity index (χ1n) is 27.5. The van der Waals surface area contributed by atoms with Gasteiger partial charge in [0.25, 0.3) is 0 Å². The molecule has 4 saturated carbocycles. The summed E-state index contributed by atoms with van der Waals surface area (Å²) in [6.45, 7) is 12.1. The maximum Gasteiger partial charge on any atom is 0.187 e. The highest BCUT2D eigenvalue weighted by Crippen LogP contribution is 2.76. The lowest BCUT2D eigenvalue weighted by atomic mass is 9.34. The molecular formula is C53H90O23. The highest BCUT2D eigenvalue weighted by Gasteiger charge is 2.73. The van der Waals surface area contributed by atoms with Gasteiger partial charge in [-0.1, -0.05) is 39.3 Å². The van der Waals surface area contributed by atoms with Crippen molar-refractivity contribution in [2.45, 2.75) is 241 Å². The van der Waals surface area contributed by atoms with E-state index in [1.54, 1.807) is 0 Å². The number of ether oxygens (including phenoxy) is 8. The summed E-state index contributed by atoms with van der Waals surface area (Å²) in [5, 5.41) is 163. The third-order valence-corrected chi connectivity index (χ3v) is 20.5. The average Bonchev–Trinajstić information content (AvgIpc) is 3.96. The summed E-state index contributed by atoms with van der Waals surface area (Å²) in [7, 11) is 0. The molecule has 29 atom stereocenters. The van der Waals surface area contributed by atoms with Crippen LogP contribution in [0.15, 0.2) is 11.6 Å². The molecule has 23 nitrogen and oxygen atoms in total. The van der Waals surface area contributed by atoms with Gasteiger partial charge in [0.1, 0.15) is 91.6 Å². The summed E-state index contributed by atoms with van der Waals surface area (Å²) in [4.78, 5) is 0. The van der Waals surface area contributed by atoms with Crippen molar-refractivity contribution in [2.24, 2.45) is 45.3 Å². The molecule has 0 bridgehead atoms. The first-order chi connectivity index (χ1) is 35.7. The van der Waals surface area contributed by atoms with E-state index in [2.05, 4.69) is 19.9 Å². The van der Waals surface area contributed by atoms with Crippen LogP contribution in [0.4, 0.5) is 0 Å². The Bertz CT molecular complexity index is 1960. The van der Waals surface area contributed by atoms with E-state index in [0.29, 0.717) is 57.8 Å². The van der Waals surface area contributed by atoms with Gasteiger partial charge in [0.15, 0.2) is 25.2 Å². The number of aliphatic hydroxyl groups is 15. The molecule has 0 spiro atoms. The maximum atomic E-state index is 12.8. The van der Waals surface area contributed by atoms with E-state index in [4.69, 9.17) is 37.9 Å². The van der Waals surface area contributed by atoms with Crippen molar-refractivity contribution >= 4 is 0 Å². The lowest BCUT2D eigenvalue weighted by Crippen LogP contribution is -2.69. The van der Waals surface area contributed by atoms with Crippen molar-refractivity contribution in [3.05, 3.63) is 11.6 Å². The Morgan fingerprint density at radius 2 is 1.17 bits per heavy atom. The van der Waals surface area contributed by atoms with E-state index in [0.717, 1.165) is 5.57 Å². The van der Waals surface area contributed by atoms with Crippen LogP contribution < -0.4 is 0 Å². The summed E-state index contributed by atoms with van der Waals surface area (Å²) in [5.74, 6) is -1.01. The standard InChI is InChI=1S/C53H90O23/c1-23(2)9-8-13-52(7,76-47-43(68)39(64)37(62)29(73-47)21-70-45-41(66)34(59)26(58)20-69-45)24-10-14-51(6)33(24)25(57)17-31-50(51,5)15-11-30-49(3,4)32(12-16-53(30,31)22-56)74-48-44(40(65)36(61)28(19-55)72-48)75-46-42(67)38(63)35(60)27(18-54)71-46/h9,24-48,54-68H,8,10-22H2,1-7H3/t24-,25+,26-,27+,28-,29+,30+,31+,32-,33+,34-,35-,36+,37+,38-,39+,40+,41-,42-,43+,44+,45+,46+,47-,48-,50-,51+,52+,53+/m1/s1. The average molecular weight is 1100 g/mol. The SMILES string of the molecule is CC(C)=CCC[C@](C)(O[C@H]1O[C@@H](CO[C@@H]2OC[C@@H](O)[C@@H](O)[C@H]2O)[C@H](O)[C@H](O)[C@@H]1O)[C@@H]1CC[C@@]2(C)[C@@H]1[C@@H](O)C[C@@H]1[C@]3(CO)CC[C@@H](O[C@H]4O[C@H](CO)[C@H](O)[C@H](O)[C@@H]4O[C@@H]4O[C@@H](CO)[C@@H](O)[C@@H](O)[C@H]4O)C(C)(C)[C@@H]3CC[C@]12C. The second kappa shape index (κ2) is 23.2. The second-order valence-electron chi connectivity index (χ2n) is 25.2. The van der Waals surface area contributed by atoms with Crippen LogP contribution >= 0.6 is 0 Å². The molecule has 4 aliphatic heterocycles. The third-order valence-electron chi connectivity index (χ3n) is 20.5. The van der Waals surface area contributed by atoms with Crippen molar-refractivity contribution in [3.63, 3.8) is 0 Å². The fourth-order valence-corrected chi connectivity index (χ4v) is 16.0. The molecule has 4 aliphatic carbocycles. The van der Waals surface area contributed by atoms with E-state index in [9.17, 15) is 76.6 Å². The zero-order valence-corrected chi connectivity index (χ0v) is 44.9. The Morgan fingerprint density at radius 1 is 0.592 bits per heavy atom. The van der Waals surface area contributed by atoms with Gasteiger partial charge >= 0.3 is 0 Å². The largest absolute Gasteiger partial charge is 0.396 e. The Hall–Kier alpha value is -1.18. The topological polar surface area (TPSA) is 377 Å². The quantitative estimate of drug-likeness (QED) is 0.0557. The molecule has 15 N–H and O–H groups in total. The summed E-state index contributed by atoms with van der Waals surface area (Å²) in [6, 6.07) is 0. The van der Waals surface area contributed by atoms with Gasteiger partial charge in [0.05, 0.1) is 44.2 Å². The third kappa shape index (κ3) is 10.5. The highest BCUT2D eigenvalue weighted by atomic mass is 16.8. The first-order valence-corrected chi connectivity index (χ1v) is 27.5. The molecule has 4 heterocycles. The molecule has 76 heavy (non-hydrogen) atoms. The summed E-state index contributed by atoms with van der Waals surface area (Å²) in [6.07, 6.45) is -24.4. The van der Waals surface area contributed by atoms with E-state index in [-0.39, 0.29) is 36.9 Å². The highest BCUT2D eigenvalue weighted by molar-refractivity contribution is 5.21. The molecule has 8 aliphatic rings. The Kier molecular flexibility index (Phi) is 18.6. The second-order valence-corrected chi connectivity index (χ2v) is 25.2. The molecule has 0 amide bonds. The smallest absolute Gasteiger partial charge is 0.187 e. The molecule has 440 valence electrons. The van der Waals surface area contributed by atoms with E-state index in [1.807, 2.05) is 34.6 Å². The van der Waals surface area contributed by atoms with E-state index in [1.165, 1.54) is 0 Å². The number of aliphatic hydroxyl groups excluding tert-OH is 15. The number of allylic oxidation sites excluding steroid dienone is 2. The minimum atomic E-state index is -1.84. The molecule has 0 aromatic rings. The number of hydrogen-bond donors (Lipinski definition) is 15. The zero-order valence-electron chi connectivity index (χ0n) is 44.9. The Morgan fingerprint density at radius 3 is 1.80 bits per heavy atom. The van der Waals surface area contributed by atoms with Crippen molar-refractivity contribution in [3.8, 4) is 0 Å². The molecule has 4 saturated heterocycles. The molecule has 0 unspecified atom stereocenters. The summed E-state index contributed by atoms with van der Waals surface area (Å²) < 4.78 is 48.6. The van der Waals surface area contributed by atoms with Crippen LogP contribution in [0, 0.1) is 45.3 Å². The van der Waals surface area contributed by atoms with Gasteiger partial charge in [-0.25, -0.2) is 0 Å². The molecule has 8 fully saturated rings. The number of rotatable bonds is 16. The normalized spacial score (nSPS) is 52.2. The lowest BCUT2D eigenvalue weighted by molar-refractivity contribution is -0.379. The first kappa shape index (κ1) is 60.9. The summed E-state index contributed by atoms with van der Waals surface area (Å²) >= 11 is 0. The summed E-state index contributed by atoms with van der Waals surface area (Å²) in [5.41, 5.74) is -2.38. The molecular weight excluding hydrogens is 1000 g/mol. The van der Waals surface area contributed by atoms with E-state index < -0.39 is 176 Å². The monoisotopic (exact) mass is 1090 g/mol. The molecule has 0 radical (unpaired) electrons. The fraction of sp³-hybridized carbons (Fsp3) is 0.962. The van der Waals surface area contributed by atoms with Crippen LogP contribution in [0.1, 0.15) is 106 Å². The minimum Gasteiger partial charge on any atom is -0.396 e. The minimum absolute atomic E-state index is 0.181. The molecule has 0 aromatic heterocycles. The van der Waals surface area contributed by atoms with Crippen LogP contribution in [0.2, 0.25) is 0 Å². The van der Waals surface area contributed by atoms with Crippen molar-refractivity contribution in [2.75, 3.05) is 33.0 Å². The van der Waals surface area contributed by atoms with Crippen LogP contribution in [0.3, 0.4) is 0 Å². The van der Waals surface area contributed by atoms with Gasteiger partial charge in [0, 0.05) is 12.0 Å². The Balaban J connectivity index is 1.02. The van der Waals surface area contributed by atoms with Crippen molar-refractivity contribution in [1.29, 1.82) is 0 Å². The zero-order chi connectivity index (χ0) is 55.8. The molecule has 23 heteroatoms. The van der Waals surface area contributed by atoms with Gasteiger partial charge in [-0.2, -0.15) is 0 Å². The number of fused-ring (bicyclic) bond motifs is 5. The van der Waals surface area contributed by atoms with Crippen LogP contribution in [-0.4, -0.2) is 244 Å². The van der Waals surface area contributed by atoms with Gasteiger partial charge < -0.3 is 114 Å². The predicted octanol–water partition coefficient (Wildman–Crippen LogP) is -2.59. The molecule has 8 rings (SSSR count). The van der Waals surface area contributed by atoms with Gasteiger partial charge in [-0.15, -0.1) is 0 Å². The van der Waals surface area contributed by atoms with E-state index >= 15 is 0 Å². The van der Waals surface area contributed by atoms with Crippen LogP contribution in [0.5, 0.6) is 0 Å². The number of hydrogen-bond acceptors (Lipinski definition) is 23. The Labute approximate surface area is 444 Å². The maximum absolute atomic E-state index is 12.8. The predicted molar refractivity (Wildman–Crippen MR) is 262 cm³/mol. The van der Waals surface area contributed by atoms with Gasteiger partial charge in [0.2, 0.25) is 0 Å². The lowest BCUT2D eigenvalue weighted by Gasteiger charge is -2.71. The van der Waals surface area contributed by atoms with Gasteiger partial charge in [-0.3, -0.25) is 0 Å². The van der Waals surface area contributed by atoms with Gasteiger partial charge in [-0.05, 0) is 118 Å². The molecule has 0 aromatic carbocycles. The fourth-order valence-electron chi connectivity index (χ4n) is 16.0. The van der Waals surface area contributed by atoms with Crippen molar-refractivity contribution < 1.29 is 114 Å². The van der Waals surface area contributed by atoms with Crippen LogP contribution in [0.25, 0.3) is 0 Å².